The Morgan fingerprint density at radius 1 is 1.50 bits per heavy atom. The third kappa shape index (κ3) is 4.67. The van der Waals surface area contributed by atoms with Gasteiger partial charge in [0, 0.05) is 36.6 Å². The van der Waals surface area contributed by atoms with E-state index in [4.69, 9.17) is 0 Å². The van der Waals surface area contributed by atoms with Crippen LogP contribution in [0.5, 0.6) is 0 Å². The zero-order valence-corrected chi connectivity index (χ0v) is 12.6. The van der Waals surface area contributed by atoms with Crippen molar-refractivity contribution in [2.45, 2.75) is 39.2 Å². The first kappa shape index (κ1) is 14.0. The Morgan fingerprint density at radius 2 is 2.33 bits per heavy atom. The lowest BCUT2D eigenvalue weighted by Crippen LogP contribution is -2.39. The molecule has 2 heterocycles. The minimum absolute atomic E-state index is 0.244. The molecule has 1 saturated heterocycles. The molecule has 0 saturated carbocycles. The highest BCUT2D eigenvalue weighted by Crippen LogP contribution is 2.17. The summed E-state index contributed by atoms with van der Waals surface area (Å²) in [7, 11) is 0. The molecule has 4 heteroatoms. The number of hydrogen-bond acceptors (Lipinski definition) is 4. The van der Waals surface area contributed by atoms with Crippen LogP contribution in [0.2, 0.25) is 0 Å². The third-order valence-corrected chi connectivity index (χ3v) is 4.26. The first-order chi connectivity index (χ1) is 8.53. The fourth-order valence-electron chi connectivity index (χ4n) is 2.36. The second kappa shape index (κ2) is 6.13. The van der Waals surface area contributed by atoms with Crippen LogP contribution in [0.25, 0.3) is 0 Å². The summed E-state index contributed by atoms with van der Waals surface area (Å²) in [4.78, 5) is 6.92. The second-order valence-corrected chi connectivity index (χ2v) is 7.24. The highest BCUT2D eigenvalue weighted by atomic mass is 32.1. The van der Waals surface area contributed by atoms with Crippen molar-refractivity contribution in [2.24, 2.45) is 5.92 Å². The molecule has 1 fully saturated rings. The van der Waals surface area contributed by atoms with Crippen molar-refractivity contribution in [1.82, 2.24) is 15.2 Å². The molecule has 0 aliphatic carbocycles. The first-order valence-electron chi connectivity index (χ1n) is 6.89. The minimum Gasteiger partial charge on any atom is -0.312 e. The van der Waals surface area contributed by atoms with E-state index in [9.17, 15) is 0 Å². The summed E-state index contributed by atoms with van der Waals surface area (Å²) in [6.07, 6.45) is 4.35. The van der Waals surface area contributed by atoms with Gasteiger partial charge in [0.2, 0.25) is 0 Å². The zero-order valence-electron chi connectivity index (χ0n) is 11.8. The van der Waals surface area contributed by atoms with Gasteiger partial charge in [0.25, 0.3) is 0 Å². The minimum atomic E-state index is 0.244. The summed E-state index contributed by atoms with van der Waals surface area (Å²) in [5.41, 5.74) is 0.244. The van der Waals surface area contributed by atoms with Crippen LogP contribution in [0, 0.1) is 5.92 Å². The Labute approximate surface area is 115 Å². The predicted molar refractivity (Wildman–Crippen MR) is 78.1 cm³/mol. The first-order valence-corrected chi connectivity index (χ1v) is 7.77. The van der Waals surface area contributed by atoms with E-state index in [1.54, 1.807) is 11.3 Å². The van der Waals surface area contributed by atoms with Crippen molar-refractivity contribution in [2.75, 3.05) is 26.2 Å². The molecular formula is C14H25N3S. The van der Waals surface area contributed by atoms with Crippen molar-refractivity contribution in [3.8, 4) is 0 Å². The molecule has 0 spiro atoms. The maximum Gasteiger partial charge on any atom is 0.0937 e. The van der Waals surface area contributed by atoms with Gasteiger partial charge in [0.1, 0.15) is 0 Å². The monoisotopic (exact) mass is 267 g/mol. The summed E-state index contributed by atoms with van der Waals surface area (Å²) in [6.45, 7) is 11.5. The van der Waals surface area contributed by atoms with Gasteiger partial charge >= 0.3 is 0 Å². The van der Waals surface area contributed by atoms with E-state index in [1.165, 1.54) is 31.1 Å². The number of hydrogen-bond donors (Lipinski definition) is 1. The number of nitrogens with one attached hydrogen (secondary N) is 1. The molecule has 1 aliphatic heterocycles. The molecule has 1 N–H and O–H groups in total. The van der Waals surface area contributed by atoms with E-state index >= 15 is 0 Å². The second-order valence-electron chi connectivity index (χ2n) is 6.26. The Balaban J connectivity index is 1.65. The molecule has 0 bridgehead atoms. The van der Waals surface area contributed by atoms with Crippen LogP contribution < -0.4 is 5.32 Å². The zero-order chi connectivity index (χ0) is 13.0. The molecule has 1 atom stereocenters. The van der Waals surface area contributed by atoms with Crippen LogP contribution in [0.15, 0.2) is 11.6 Å². The van der Waals surface area contributed by atoms with Crippen molar-refractivity contribution in [1.29, 1.82) is 0 Å². The van der Waals surface area contributed by atoms with Crippen molar-refractivity contribution >= 4 is 11.3 Å². The fraction of sp³-hybridized carbons (Fsp3) is 0.786. The molecular weight excluding hydrogens is 242 g/mol. The van der Waals surface area contributed by atoms with Gasteiger partial charge in [0.05, 0.1) is 5.01 Å². The molecule has 0 radical (unpaired) electrons. The van der Waals surface area contributed by atoms with E-state index in [-0.39, 0.29) is 5.54 Å². The topological polar surface area (TPSA) is 28.2 Å². The molecule has 102 valence electrons. The number of thiazole rings is 1. The van der Waals surface area contributed by atoms with Crippen molar-refractivity contribution in [3.05, 3.63) is 16.6 Å². The van der Waals surface area contributed by atoms with Crippen LogP contribution in [0.3, 0.4) is 0 Å². The van der Waals surface area contributed by atoms with E-state index in [2.05, 4.69) is 41.4 Å². The average Bonchev–Trinajstić information content (AvgIpc) is 2.94. The van der Waals surface area contributed by atoms with Crippen LogP contribution >= 0.6 is 11.3 Å². The van der Waals surface area contributed by atoms with Gasteiger partial charge < -0.3 is 10.2 Å². The molecule has 18 heavy (non-hydrogen) atoms. The lowest BCUT2D eigenvalue weighted by atomic mass is 10.1. The van der Waals surface area contributed by atoms with Crippen LogP contribution in [-0.4, -0.2) is 41.6 Å². The summed E-state index contributed by atoms with van der Waals surface area (Å²) >= 11 is 1.77. The van der Waals surface area contributed by atoms with Crippen molar-refractivity contribution in [3.63, 3.8) is 0 Å². The smallest absolute Gasteiger partial charge is 0.0937 e. The Kier molecular flexibility index (Phi) is 4.76. The van der Waals surface area contributed by atoms with E-state index in [0.29, 0.717) is 0 Å². The quantitative estimate of drug-likeness (QED) is 0.888. The largest absolute Gasteiger partial charge is 0.312 e. The average molecular weight is 267 g/mol. The normalized spacial score (nSPS) is 21.6. The Morgan fingerprint density at radius 3 is 3.00 bits per heavy atom. The number of likely N-dealkylation sites (tertiary alicyclic amines) is 1. The molecule has 1 aromatic heterocycles. The summed E-state index contributed by atoms with van der Waals surface area (Å²) in [5, 5.41) is 6.95. The maximum absolute atomic E-state index is 4.34. The summed E-state index contributed by atoms with van der Waals surface area (Å²) in [6, 6.07) is 0. The van der Waals surface area contributed by atoms with Crippen LogP contribution in [0.4, 0.5) is 0 Å². The third-order valence-electron chi connectivity index (χ3n) is 3.42. The molecule has 1 unspecified atom stereocenters. The van der Waals surface area contributed by atoms with Gasteiger partial charge in [-0.2, -0.15) is 0 Å². The molecule has 0 amide bonds. The Hall–Kier alpha value is -0.450. The predicted octanol–water partition coefficient (Wildman–Crippen LogP) is 2.40. The van der Waals surface area contributed by atoms with Gasteiger partial charge in [-0.25, -0.2) is 4.98 Å². The van der Waals surface area contributed by atoms with Gasteiger partial charge in [-0.15, -0.1) is 11.3 Å². The standard InChI is InChI=1S/C14H25N3S/c1-14(2,3)16-10-12-4-7-17(11-12)8-5-13-15-6-9-18-13/h6,9,12,16H,4-5,7-8,10-11H2,1-3H3. The maximum atomic E-state index is 4.34. The summed E-state index contributed by atoms with van der Waals surface area (Å²) in [5.74, 6) is 0.820. The molecule has 2 rings (SSSR count). The Bertz CT molecular complexity index is 342. The lowest BCUT2D eigenvalue weighted by Gasteiger charge is -2.23. The van der Waals surface area contributed by atoms with Gasteiger partial charge in [-0.3, -0.25) is 0 Å². The van der Waals surface area contributed by atoms with Gasteiger partial charge in [-0.05, 0) is 46.2 Å². The number of rotatable bonds is 5. The van der Waals surface area contributed by atoms with Crippen LogP contribution in [-0.2, 0) is 6.42 Å². The van der Waals surface area contributed by atoms with Crippen LogP contribution in [0.1, 0.15) is 32.2 Å². The van der Waals surface area contributed by atoms with Gasteiger partial charge in [0.15, 0.2) is 0 Å². The van der Waals surface area contributed by atoms with E-state index < -0.39 is 0 Å². The van der Waals surface area contributed by atoms with Gasteiger partial charge in [-0.1, -0.05) is 0 Å². The highest BCUT2D eigenvalue weighted by Gasteiger charge is 2.23. The molecule has 3 nitrogen and oxygen atoms in total. The highest BCUT2D eigenvalue weighted by molar-refractivity contribution is 7.09. The van der Waals surface area contributed by atoms with E-state index in [0.717, 1.165) is 18.9 Å². The van der Waals surface area contributed by atoms with E-state index in [1.807, 2.05) is 6.20 Å². The molecule has 1 aromatic rings. The molecule has 0 aromatic carbocycles. The summed E-state index contributed by atoms with van der Waals surface area (Å²) < 4.78 is 0. The number of aromatic nitrogens is 1. The SMILES string of the molecule is CC(C)(C)NCC1CCN(CCc2nccs2)C1. The van der Waals surface area contributed by atoms with Crippen molar-refractivity contribution < 1.29 is 0 Å². The molecule has 1 aliphatic rings. The fourth-order valence-corrected chi connectivity index (χ4v) is 2.97. The number of nitrogens with zero attached hydrogens (tertiary/aromatic N) is 2. The lowest BCUT2D eigenvalue weighted by molar-refractivity contribution is 0.314.